The minimum Gasteiger partial charge on any atom is -0.302 e. The molecular weight excluding hydrogens is 248 g/mol. The quantitative estimate of drug-likeness (QED) is 0.702. The number of hydrogen-bond donors (Lipinski definition) is 1. The van der Waals surface area contributed by atoms with Crippen LogP contribution in [0.2, 0.25) is 0 Å². The number of halogens is 1. The van der Waals surface area contributed by atoms with Gasteiger partial charge in [-0.3, -0.25) is 0 Å². The van der Waals surface area contributed by atoms with Crippen molar-refractivity contribution in [3.05, 3.63) is 0 Å². The van der Waals surface area contributed by atoms with Gasteiger partial charge in [-0.1, -0.05) is 12.8 Å². The van der Waals surface area contributed by atoms with Crippen molar-refractivity contribution in [3.8, 4) is 0 Å². The zero-order valence-electron chi connectivity index (χ0n) is 9.78. The molecule has 0 aliphatic heterocycles. The molecule has 0 heterocycles. The second-order valence-electron chi connectivity index (χ2n) is 4.32. The molecule has 0 aromatic rings. The topological polar surface area (TPSA) is 49.4 Å². The van der Waals surface area contributed by atoms with Gasteiger partial charge in [0, 0.05) is 25.0 Å². The third-order valence-electron chi connectivity index (χ3n) is 3.08. The van der Waals surface area contributed by atoms with E-state index in [4.69, 9.17) is 11.6 Å². The fraction of sp³-hybridized carbons (Fsp3) is 1.00. The summed E-state index contributed by atoms with van der Waals surface area (Å²) in [5, 5.41) is 0. The van der Waals surface area contributed by atoms with Crippen LogP contribution in [0.25, 0.3) is 0 Å². The van der Waals surface area contributed by atoms with Crippen molar-refractivity contribution in [3.63, 3.8) is 0 Å². The summed E-state index contributed by atoms with van der Waals surface area (Å²) >= 11 is 5.40. The van der Waals surface area contributed by atoms with Gasteiger partial charge < -0.3 is 4.90 Å². The van der Waals surface area contributed by atoms with Crippen LogP contribution in [-0.4, -0.2) is 51.1 Å². The molecule has 0 spiro atoms. The summed E-state index contributed by atoms with van der Waals surface area (Å²) in [6.07, 6.45) is 5.08. The van der Waals surface area contributed by atoms with Gasteiger partial charge in [0.2, 0.25) is 10.0 Å². The number of alkyl halides is 1. The highest BCUT2D eigenvalue weighted by Gasteiger charge is 2.19. The molecule has 0 aromatic carbocycles. The summed E-state index contributed by atoms with van der Waals surface area (Å²) < 4.78 is 25.2. The highest BCUT2D eigenvalue weighted by molar-refractivity contribution is 7.89. The molecule has 0 saturated heterocycles. The fourth-order valence-corrected chi connectivity index (χ4v) is 3.44. The Morgan fingerprint density at radius 1 is 1.38 bits per heavy atom. The summed E-state index contributed by atoms with van der Waals surface area (Å²) in [5.41, 5.74) is 0. The molecule has 16 heavy (non-hydrogen) atoms. The SMILES string of the molecule is CN(CCNS(=O)(=O)CCCl)C1CCCC1. The van der Waals surface area contributed by atoms with Gasteiger partial charge in [-0.25, -0.2) is 13.1 Å². The molecule has 1 fully saturated rings. The highest BCUT2D eigenvalue weighted by atomic mass is 35.5. The lowest BCUT2D eigenvalue weighted by molar-refractivity contribution is 0.250. The highest BCUT2D eigenvalue weighted by Crippen LogP contribution is 2.21. The average molecular weight is 269 g/mol. The van der Waals surface area contributed by atoms with Crippen molar-refractivity contribution in [2.24, 2.45) is 0 Å². The lowest BCUT2D eigenvalue weighted by Gasteiger charge is -2.23. The van der Waals surface area contributed by atoms with Crippen molar-refractivity contribution in [1.82, 2.24) is 9.62 Å². The number of nitrogens with zero attached hydrogens (tertiary/aromatic N) is 1. The largest absolute Gasteiger partial charge is 0.302 e. The maximum Gasteiger partial charge on any atom is 0.212 e. The number of sulfonamides is 1. The van der Waals surface area contributed by atoms with Gasteiger partial charge in [0.15, 0.2) is 0 Å². The van der Waals surface area contributed by atoms with E-state index in [0.29, 0.717) is 12.6 Å². The van der Waals surface area contributed by atoms with E-state index in [-0.39, 0.29) is 11.6 Å². The Morgan fingerprint density at radius 2 is 2.00 bits per heavy atom. The van der Waals surface area contributed by atoms with E-state index >= 15 is 0 Å². The molecule has 1 N–H and O–H groups in total. The van der Waals surface area contributed by atoms with Gasteiger partial charge in [-0.15, -0.1) is 11.6 Å². The Hall–Kier alpha value is 0.160. The monoisotopic (exact) mass is 268 g/mol. The van der Waals surface area contributed by atoms with E-state index in [0.717, 1.165) is 6.54 Å². The van der Waals surface area contributed by atoms with Crippen molar-refractivity contribution >= 4 is 21.6 Å². The molecule has 1 saturated carbocycles. The first kappa shape index (κ1) is 14.2. The van der Waals surface area contributed by atoms with Gasteiger partial charge in [-0.05, 0) is 19.9 Å². The Morgan fingerprint density at radius 3 is 2.56 bits per heavy atom. The maximum absolute atomic E-state index is 11.3. The molecule has 0 bridgehead atoms. The minimum absolute atomic E-state index is 0.00168. The predicted molar refractivity (Wildman–Crippen MR) is 67.4 cm³/mol. The summed E-state index contributed by atoms with van der Waals surface area (Å²) in [4.78, 5) is 2.25. The third kappa shape index (κ3) is 4.99. The second kappa shape index (κ2) is 6.79. The number of hydrogen-bond acceptors (Lipinski definition) is 3. The standard InChI is InChI=1S/C10H21ClN2O2S/c1-13(10-4-2-3-5-10)8-7-12-16(14,15)9-6-11/h10,12H,2-9H2,1H3. The maximum atomic E-state index is 11.3. The molecule has 0 radical (unpaired) electrons. The molecule has 0 amide bonds. The third-order valence-corrected chi connectivity index (χ3v) is 4.88. The summed E-state index contributed by atoms with van der Waals surface area (Å²) in [5.74, 6) is 0.148. The van der Waals surface area contributed by atoms with Crippen LogP contribution < -0.4 is 4.72 Å². The first-order valence-electron chi connectivity index (χ1n) is 5.79. The molecule has 1 aliphatic rings. The molecule has 0 atom stereocenters. The predicted octanol–water partition coefficient (Wildman–Crippen LogP) is 1.02. The van der Waals surface area contributed by atoms with Crippen molar-refractivity contribution in [2.75, 3.05) is 31.8 Å². The molecule has 0 aromatic heterocycles. The lowest BCUT2D eigenvalue weighted by atomic mass is 10.2. The van der Waals surface area contributed by atoms with Gasteiger partial charge in [-0.2, -0.15) is 0 Å². The fourth-order valence-electron chi connectivity index (χ4n) is 2.08. The zero-order valence-corrected chi connectivity index (χ0v) is 11.4. The lowest BCUT2D eigenvalue weighted by Crippen LogP contribution is -2.38. The van der Waals surface area contributed by atoms with Crippen LogP contribution in [0.5, 0.6) is 0 Å². The minimum atomic E-state index is -3.16. The van der Waals surface area contributed by atoms with Crippen molar-refractivity contribution < 1.29 is 8.42 Å². The van der Waals surface area contributed by atoms with E-state index in [1.54, 1.807) is 0 Å². The molecule has 1 rings (SSSR count). The number of rotatable bonds is 7. The molecule has 1 aliphatic carbocycles. The van der Waals surface area contributed by atoms with Crippen molar-refractivity contribution in [1.29, 1.82) is 0 Å². The van der Waals surface area contributed by atoms with E-state index in [1.165, 1.54) is 25.7 Å². The number of likely N-dealkylation sites (N-methyl/N-ethyl adjacent to an activating group) is 1. The Balaban J connectivity index is 2.19. The zero-order chi connectivity index (χ0) is 12.0. The van der Waals surface area contributed by atoms with Crippen LogP contribution in [-0.2, 0) is 10.0 Å². The first-order chi connectivity index (χ1) is 7.55. The molecule has 96 valence electrons. The summed E-state index contributed by atoms with van der Waals surface area (Å²) in [6.45, 7) is 1.25. The smallest absolute Gasteiger partial charge is 0.212 e. The van der Waals surface area contributed by atoms with Crippen LogP contribution >= 0.6 is 11.6 Å². The molecule has 6 heteroatoms. The van der Waals surface area contributed by atoms with Gasteiger partial charge in [0.25, 0.3) is 0 Å². The normalized spacial score (nSPS) is 18.4. The summed E-state index contributed by atoms with van der Waals surface area (Å²) in [7, 11) is -1.10. The van der Waals surface area contributed by atoms with Crippen LogP contribution in [0.4, 0.5) is 0 Å². The first-order valence-corrected chi connectivity index (χ1v) is 7.97. The van der Waals surface area contributed by atoms with E-state index < -0.39 is 10.0 Å². The Labute approximate surface area is 103 Å². The van der Waals surface area contributed by atoms with Crippen molar-refractivity contribution in [2.45, 2.75) is 31.7 Å². The van der Waals surface area contributed by atoms with Crippen LogP contribution in [0, 0.1) is 0 Å². The van der Waals surface area contributed by atoms with Gasteiger partial charge >= 0.3 is 0 Å². The second-order valence-corrected chi connectivity index (χ2v) is 6.63. The van der Waals surface area contributed by atoms with Crippen LogP contribution in [0.15, 0.2) is 0 Å². The van der Waals surface area contributed by atoms with Crippen LogP contribution in [0.1, 0.15) is 25.7 Å². The summed E-state index contributed by atoms with van der Waals surface area (Å²) in [6, 6.07) is 0.637. The van der Waals surface area contributed by atoms with E-state index in [9.17, 15) is 8.42 Å². The Bertz CT molecular complexity index is 289. The van der Waals surface area contributed by atoms with E-state index in [1.807, 2.05) is 0 Å². The number of nitrogens with one attached hydrogen (secondary N) is 1. The van der Waals surface area contributed by atoms with Gasteiger partial charge in [0.1, 0.15) is 0 Å². The molecular formula is C10H21ClN2O2S. The molecule has 4 nitrogen and oxygen atoms in total. The van der Waals surface area contributed by atoms with E-state index in [2.05, 4.69) is 16.7 Å². The Kier molecular flexibility index (Phi) is 6.03. The van der Waals surface area contributed by atoms with Crippen LogP contribution in [0.3, 0.4) is 0 Å². The molecule has 0 unspecified atom stereocenters. The van der Waals surface area contributed by atoms with Gasteiger partial charge in [0.05, 0.1) is 5.75 Å². The average Bonchev–Trinajstić information content (AvgIpc) is 2.69.